The zero-order valence-corrected chi connectivity index (χ0v) is 11.9. The van der Waals surface area contributed by atoms with Crippen molar-refractivity contribution in [3.8, 4) is 0 Å². The Bertz CT molecular complexity index is 504. The van der Waals surface area contributed by atoms with E-state index in [1.54, 1.807) is 0 Å². The Hall–Kier alpha value is -1.68. The Morgan fingerprint density at radius 2 is 2.00 bits per heavy atom. The molecule has 4 heteroatoms. The number of aryl methyl sites for hydroxylation is 3. The molecule has 0 aliphatic rings. The normalized spacial score (nSPS) is 12.6. The second-order valence-electron chi connectivity index (χ2n) is 4.96. The molecule has 0 radical (unpaired) electrons. The van der Waals surface area contributed by atoms with E-state index < -0.39 is 0 Å². The van der Waals surface area contributed by atoms with Gasteiger partial charge in [-0.1, -0.05) is 0 Å². The van der Waals surface area contributed by atoms with E-state index >= 15 is 0 Å². The number of nitrogens with one attached hydrogen (secondary N) is 1. The van der Waals surface area contributed by atoms with Crippen LogP contribution in [0.1, 0.15) is 36.3 Å². The van der Waals surface area contributed by atoms with Crippen molar-refractivity contribution in [3.63, 3.8) is 0 Å². The summed E-state index contributed by atoms with van der Waals surface area (Å²) in [6.45, 7) is 8.27. The first kappa shape index (κ1) is 13.7. The zero-order chi connectivity index (χ0) is 13.7. The fraction of sp³-hybridized carbons (Fsp3) is 0.467. The summed E-state index contributed by atoms with van der Waals surface area (Å²) in [5.41, 5.74) is 3.61. The minimum absolute atomic E-state index is 0.364. The van der Waals surface area contributed by atoms with Gasteiger partial charge in [0.1, 0.15) is 0 Å². The molecule has 1 unspecified atom stereocenters. The maximum Gasteiger partial charge on any atom is 0.0596 e. The van der Waals surface area contributed by atoms with Gasteiger partial charge in [0.2, 0.25) is 0 Å². The molecule has 0 saturated carbocycles. The Morgan fingerprint density at radius 1 is 1.26 bits per heavy atom. The van der Waals surface area contributed by atoms with E-state index in [0.29, 0.717) is 6.04 Å². The van der Waals surface area contributed by atoms with Gasteiger partial charge in [-0.3, -0.25) is 9.67 Å². The molecule has 2 aromatic heterocycles. The third kappa shape index (κ3) is 3.89. The first-order valence-corrected chi connectivity index (χ1v) is 6.81. The van der Waals surface area contributed by atoms with Crippen molar-refractivity contribution in [1.82, 2.24) is 20.1 Å². The highest BCUT2D eigenvalue weighted by molar-refractivity contribution is 5.13. The van der Waals surface area contributed by atoms with Crippen LogP contribution in [-0.2, 0) is 6.54 Å². The molecule has 19 heavy (non-hydrogen) atoms. The van der Waals surface area contributed by atoms with E-state index in [-0.39, 0.29) is 0 Å². The maximum atomic E-state index is 4.47. The molecule has 102 valence electrons. The lowest BCUT2D eigenvalue weighted by Crippen LogP contribution is -2.21. The van der Waals surface area contributed by atoms with Crippen molar-refractivity contribution in [2.75, 3.05) is 6.54 Å². The molecular formula is C15H22N4. The molecule has 0 aliphatic carbocycles. The smallest absolute Gasteiger partial charge is 0.0596 e. The Morgan fingerprint density at radius 3 is 2.63 bits per heavy atom. The first-order chi connectivity index (χ1) is 9.16. The lowest BCUT2D eigenvalue weighted by atomic mass is 10.1. The second-order valence-corrected chi connectivity index (χ2v) is 4.96. The van der Waals surface area contributed by atoms with Crippen LogP contribution >= 0.6 is 0 Å². The molecule has 0 saturated heterocycles. The van der Waals surface area contributed by atoms with Gasteiger partial charge in [0.15, 0.2) is 0 Å². The van der Waals surface area contributed by atoms with Crippen molar-refractivity contribution >= 4 is 0 Å². The standard InChI is InChI=1S/C15H22N4/c1-12-11-13(2)19(18-12)10-4-7-17-14(3)15-5-8-16-9-6-15/h5-6,8-9,11,14,17H,4,7,10H2,1-3H3. The average molecular weight is 258 g/mol. The van der Waals surface area contributed by atoms with E-state index in [2.05, 4.69) is 52.1 Å². The molecule has 2 rings (SSSR count). The minimum atomic E-state index is 0.364. The average Bonchev–Trinajstić information content (AvgIpc) is 2.74. The minimum Gasteiger partial charge on any atom is -0.310 e. The van der Waals surface area contributed by atoms with Gasteiger partial charge >= 0.3 is 0 Å². The highest BCUT2D eigenvalue weighted by atomic mass is 15.3. The molecule has 0 bridgehead atoms. The van der Waals surface area contributed by atoms with E-state index in [0.717, 1.165) is 25.2 Å². The second kappa shape index (κ2) is 6.48. The highest BCUT2D eigenvalue weighted by Crippen LogP contribution is 2.10. The number of hydrogen-bond donors (Lipinski definition) is 1. The Labute approximate surface area is 114 Å². The Kier molecular flexibility index (Phi) is 4.68. The topological polar surface area (TPSA) is 42.7 Å². The molecule has 0 amide bonds. The molecule has 0 spiro atoms. The van der Waals surface area contributed by atoms with Crippen LogP contribution in [0.25, 0.3) is 0 Å². The fourth-order valence-corrected chi connectivity index (χ4v) is 2.22. The van der Waals surface area contributed by atoms with Crippen molar-refractivity contribution < 1.29 is 0 Å². The molecule has 4 nitrogen and oxygen atoms in total. The molecule has 2 aromatic rings. The molecule has 1 atom stereocenters. The predicted octanol–water partition coefficient (Wildman–Crippen LogP) is 2.64. The van der Waals surface area contributed by atoms with Crippen molar-refractivity contribution in [2.24, 2.45) is 0 Å². The summed E-state index contributed by atoms with van der Waals surface area (Å²) >= 11 is 0. The quantitative estimate of drug-likeness (QED) is 0.810. The predicted molar refractivity (Wildman–Crippen MR) is 77.0 cm³/mol. The van der Waals surface area contributed by atoms with Gasteiger partial charge in [0, 0.05) is 30.7 Å². The van der Waals surface area contributed by atoms with Crippen LogP contribution in [-0.4, -0.2) is 21.3 Å². The number of rotatable bonds is 6. The van der Waals surface area contributed by atoms with Gasteiger partial charge in [-0.2, -0.15) is 5.10 Å². The first-order valence-electron chi connectivity index (χ1n) is 6.81. The van der Waals surface area contributed by atoms with Gasteiger partial charge in [-0.25, -0.2) is 0 Å². The number of pyridine rings is 1. The number of aromatic nitrogens is 3. The van der Waals surface area contributed by atoms with Crippen molar-refractivity contribution in [2.45, 2.75) is 39.8 Å². The highest BCUT2D eigenvalue weighted by Gasteiger charge is 2.04. The van der Waals surface area contributed by atoms with Crippen LogP contribution < -0.4 is 5.32 Å². The van der Waals surface area contributed by atoms with Gasteiger partial charge in [0.25, 0.3) is 0 Å². The molecule has 0 aliphatic heterocycles. The number of hydrogen-bond acceptors (Lipinski definition) is 3. The third-order valence-electron chi connectivity index (χ3n) is 3.31. The number of nitrogens with zero attached hydrogens (tertiary/aromatic N) is 3. The molecule has 2 heterocycles. The summed E-state index contributed by atoms with van der Waals surface area (Å²) in [7, 11) is 0. The largest absolute Gasteiger partial charge is 0.310 e. The van der Waals surface area contributed by atoms with Gasteiger partial charge in [-0.05, 0) is 57.5 Å². The van der Waals surface area contributed by atoms with Crippen LogP contribution in [0.2, 0.25) is 0 Å². The lowest BCUT2D eigenvalue weighted by molar-refractivity contribution is 0.500. The Balaban J connectivity index is 1.74. The van der Waals surface area contributed by atoms with E-state index in [9.17, 15) is 0 Å². The van der Waals surface area contributed by atoms with Crippen molar-refractivity contribution in [1.29, 1.82) is 0 Å². The summed E-state index contributed by atoms with van der Waals surface area (Å²) in [6.07, 6.45) is 4.75. The van der Waals surface area contributed by atoms with Crippen LogP contribution in [0.4, 0.5) is 0 Å². The van der Waals surface area contributed by atoms with Gasteiger partial charge < -0.3 is 5.32 Å². The van der Waals surface area contributed by atoms with Crippen LogP contribution in [0.15, 0.2) is 30.6 Å². The summed E-state index contributed by atoms with van der Waals surface area (Å²) in [5, 5.41) is 7.99. The summed E-state index contributed by atoms with van der Waals surface area (Å²) < 4.78 is 2.08. The maximum absolute atomic E-state index is 4.47. The molecule has 0 fully saturated rings. The van der Waals surface area contributed by atoms with Crippen molar-refractivity contribution in [3.05, 3.63) is 47.5 Å². The van der Waals surface area contributed by atoms with E-state index in [1.165, 1.54) is 11.3 Å². The summed E-state index contributed by atoms with van der Waals surface area (Å²) in [5.74, 6) is 0. The van der Waals surface area contributed by atoms with Crippen LogP contribution in [0, 0.1) is 13.8 Å². The van der Waals surface area contributed by atoms with Crippen LogP contribution in [0.3, 0.4) is 0 Å². The summed E-state index contributed by atoms with van der Waals surface area (Å²) in [4.78, 5) is 4.04. The lowest BCUT2D eigenvalue weighted by Gasteiger charge is -2.14. The summed E-state index contributed by atoms with van der Waals surface area (Å²) in [6, 6.07) is 6.59. The van der Waals surface area contributed by atoms with E-state index in [1.807, 2.05) is 19.3 Å². The fourth-order valence-electron chi connectivity index (χ4n) is 2.22. The third-order valence-corrected chi connectivity index (χ3v) is 3.31. The molecule has 0 aromatic carbocycles. The monoisotopic (exact) mass is 258 g/mol. The molecular weight excluding hydrogens is 236 g/mol. The van der Waals surface area contributed by atoms with E-state index in [4.69, 9.17) is 0 Å². The SMILES string of the molecule is Cc1cc(C)n(CCCNC(C)c2ccncc2)n1. The molecule has 1 N–H and O–H groups in total. The van der Waals surface area contributed by atoms with Gasteiger partial charge in [-0.15, -0.1) is 0 Å². The zero-order valence-electron chi connectivity index (χ0n) is 11.9. The van der Waals surface area contributed by atoms with Crippen LogP contribution in [0.5, 0.6) is 0 Å². The van der Waals surface area contributed by atoms with Gasteiger partial charge in [0.05, 0.1) is 5.69 Å².